The lowest BCUT2D eigenvalue weighted by Gasteiger charge is -2.08. The molecule has 0 bridgehead atoms. The van der Waals surface area contributed by atoms with Gasteiger partial charge < -0.3 is 10.4 Å². The molecule has 1 amide bonds. The number of aromatic carboxylic acids is 1. The first kappa shape index (κ1) is 19.4. The summed E-state index contributed by atoms with van der Waals surface area (Å²) in [5.41, 5.74) is 5.85. The SMILES string of the molecule is Cc1ccc(-c2nc3ccc(C)cn3c2C(=O)NCc2ccc(C(=O)O)cc2)cc1. The van der Waals surface area contributed by atoms with Crippen LogP contribution >= 0.6 is 0 Å². The predicted molar refractivity (Wildman–Crippen MR) is 115 cm³/mol. The minimum absolute atomic E-state index is 0.212. The Kier molecular flexibility index (Phi) is 5.06. The summed E-state index contributed by atoms with van der Waals surface area (Å²) in [5, 5.41) is 12.0. The molecular formula is C24H21N3O3. The van der Waals surface area contributed by atoms with Crippen molar-refractivity contribution in [3.8, 4) is 11.3 Å². The number of carbonyl (C=O) groups excluding carboxylic acids is 1. The van der Waals surface area contributed by atoms with E-state index in [0.29, 0.717) is 17.0 Å². The number of carboxylic acid groups (broad SMARTS) is 1. The van der Waals surface area contributed by atoms with E-state index < -0.39 is 5.97 Å². The topological polar surface area (TPSA) is 83.7 Å². The summed E-state index contributed by atoms with van der Waals surface area (Å²) in [6, 6.07) is 18.2. The number of carbonyl (C=O) groups is 2. The molecular weight excluding hydrogens is 378 g/mol. The molecule has 0 saturated heterocycles. The van der Waals surface area contributed by atoms with Crippen LogP contribution in [0.2, 0.25) is 0 Å². The van der Waals surface area contributed by atoms with E-state index in [9.17, 15) is 9.59 Å². The average molecular weight is 399 g/mol. The highest BCUT2D eigenvalue weighted by molar-refractivity contribution is 5.99. The van der Waals surface area contributed by atoms with E-state index >= 15 is 0 Å². The number of benzene rings is 2. The van der Waals surface area contributed by atoms with Crippen molar-refractivity contribution < 1.29 is 14.7 Å². The molecule has 0 atom stereocenters. The number of aromatic nitrogens is 2. The fourth-order valence-electron chi connectivity index (χ4n) is 3.31. The summed E-state index contributed by atoms with van der Waals surface area (Å²) >= 11 is 0. The van der Waals surface area contributed by atoms with E-state index in [1.54, 1.807) is 12.1 Å². The summed E-state index contributed by atoms with van der Waals surface area (Å²) in [6.07, 6.45) is 1.90. The molecule has 2 aromatic carbocycles. The molecule has 0 aliphatic rings. The lowest BCUT2D eigenvalue weighted by molar-refractivity contribution is 0.0696. The third-order valence-electron chi connectivity index (χ3n) is 4.96. The van der Waals surface area contributed by atoms with Crippen LogP contribution in [0.3, 0.4) is 0 Å². The number of imidazole rings is 1. The Bertz CT molecular complexity index is 1240. The first-order valence-electron chi connectivity index (χ1n) is 9.58. The maximum atomic E-state index is 13.2. The highest BCUT2D eigenvalue weighted by atomic mass is 16.4. The molecule has 0 saturated carbocycles. The van der Waals surface area contributed by atoms with Crippen molar-refractivity contribution in [1.29, 1.82) is 0 Å². The number of nitrogens with zero attached hydrogens (tertiary/aromatic N) is 2. The van der Waals surface area contributed by atoms with Gasteiger partial charge in [-0.15, -0.1) is 0 Å². The van der Waals surface area contributed by atoms with Gasteiger partial charge in [0, 0.05) is 18.3 Å². The Labute approximate surface area is 173 Å². The fourth-order valence-corrected chi connectivity index (χ4v) is 3.31. The molecule has 0 spiro atoms. The summed E-state index contributed by atoms with van der Waals surface area (Å²) in [4.78, 5) is 28.9. The first-order valence-corrected chi connectivity index (χ1v) is 9.58. The van der Waals surface area contributed by atoms with Crippen LogP contribution in [-0.4, -0.2) is 26.4 Å². The van der Waals surface area contributed by atoms with Crippen molar-refractivity contribution in [1.82, 2.24) is 14.7 Å². The van der Waals surface area contributed by atoms with Crippen LogP contribution in [0.25, 0.3) is 16.9 Å². The van der Waals surface area contributed by atoms with Gasteiger partial charge in [-0.25, -0.2) is 9.78 Å². The Morgan fingerprint density at radius 2 is 1.60 bits per heavy atom. The summed E-state index contributed by atoms with van der Waals surface area (Å²) < 4.78 is 1.81. The van der Waals surface area contributed by atoms with Crippen molar-refractivity contribution in [3.05, 3.63) is 94.8 Å². The zero-order valence-electron chi connectivity index (χ0n) is 16.7. The summed E-state index contributed by atoms with van der Waals surface area (Å²) in [6.45, 7) is 4.27. The monoisotopic (exact) mass is 399 g/mol. The number of rotatable bonds is 5. The van der Waals surface area contributed by atoms with Crippen LogP contribution in [0.4, 0.5) is 0 Å². The number of hydrogen-bond acceptors (Lipinski definition) is 3. The maximum Gasteiger partial charge on any atom is 0.335 e. The van der Waals surface area contributed by atoms with E-state index in [2.05, 4.69) is 5.32 Å². The minimum Gasteiger partial charge on any atom is -0.478 e. The van der Waals surface area contributed by atoms with Gasteiger partial charge in [0.2, 0.25) is 0 Å². The van der Waals surface area contributed by atoms with Crippen molar-refractivity contribution >= 4 is 17.5 Å². The molecule has 0 aliphatic heterocycles. The third-order valence-corrected chi connectivity index (χ3v) is 4.96. The summed E-state index contributed by atoms with van der Waals surface area (Å²) in [5.74, 6) is -1.22. The third kappa shape index (κ3) is 3.80. The minimum atomic E-state index is -0.977. The van der Waals surface area contributed by atoms with Crippen LogP contribution in [0, 0.1) is 13.8 Å². The highest BCUT2D eigenvalue weighted by Crippen LogP contribution is 2.25. The Morgan fingerprint density at radius 1 is 0.933 bits per heavy atom. The second-order valence-electron chi connectivity index (χ2n) is 7.29. The highest BCUT2D eigenvalue weighted by Gasteiger charge is 2.20. The first-order chi connectivity index (χ1) is 14.4. The molecule has 0 fully saturated rings. The number of carboxylic acids is 1. The van der Waals surface area contributed by atoms with Crippen LogP contribution in [0.15, 0.2) is 66.9 Å². The van der Waals surface area contributed by atoms with Crippen molar-refractivity contribution in [3.63, 3.8) is 0 Å². The molecule has 2 aromatic heterocycles. The Morgan fingerprint density at radius 3 is 2.27 bits per heavy atom. The van der Waals surface area contributed by atoms with Gasteiger partial charge in [-0.05, 0) is 43.2 Å². The van der Waals surface area contributed by atoms with Gasteiger partial charge >= 0.3 is 5.97 Å². The standard InChI is InChI=1S/C24H21N3O3/c1-15-3-8-18(9-4-15)21-22(27-14-16(2)5-12-20(27)26-21)23(28)25-13-17-6-10-19(11-7-17)24(29)30/h3-12,14H,13H2,1-2H3,(H,25,28)(H,29,30). The van der Waals surface area contributed by atoms with Crippen LogP contribution in [0.1, 0.15) is 37.5 Å². The zero-order chi connectivity index (χ0) is 21.3. The second-order valence-corrected chi connectivity index (χ2v) is 7.29. The zero-order valence-corrected chi connectivity index (χ0v) is 16.7. The predicted octanol–water partition coefficient (Wildman–Crippen LogP) is 4.25. The van der Waals surface area contributed by atoms with Crippen molar-refractivity contribution in [2.24, 2.45) is 0 Å². The number of amides is 1. The number of hydrogen-bond donors (Lipinski definition) is 2. The quantitative estimate of drug-likeness (QED) is 0.526. The van der Waals surface area contributed by atoms with Crippen molar-refractivity contribution in [2.45, 2.75) is 20.4 Å². The number of nitrogens with one attached hydrogen (secondary N) is 1. The van der Waals surface area contributed by atoms with Gasteiger partial charge in [0.15, 0.2) is 0 Å². The van der Waals surface area contributed by atoms with Crippen molar-refractivity contribution in [2.75, 3.05) is 0 Å². The molecule has 0 unspecified atom stereocenters. The Balaban J connectivity index is 1.68. The van der Waals surface area contributed by atoms with Gasteiger partial charge in [-0.2, -0.15) is 0 Å². The van der Waals surface area contributed by atoms with E-state index in [0.717, 1.165) is 22.3 Å². The fraction of sp³-hybridized carbons (Fsp3) is 0.125. The largest absolute Gasteiger partial charge is 0.478 e. The van der Waals surface area contributed by atoms with Crippen LogP contribution in [0.5, 0.6) is 0 Å². The van der Waals surface area contributed by atoms with Gasteiger partial charge in [-0.3, -0.25) is 9.20 Å². The Hall–Kier alpha value is -3.93. The van der Waals surface area contributed by atoms with Gasteiger partial charge in [0.25, 0.3) is 5.91 Å². The van der Waals surface area contributed by atoms with Gasteiger partial charge in [0.05, 0.1) is 5.56 Å². The molecule has 0 radical (unpaired) electrons. The van der Waals surface area contributed by atoms with Gasteiger partial charge in [-0.1, -0.05) is 48.0 Å². The second kappa shape index (κ2) is 7.83. The van der Waals surface area contributed by atoms with Crippen LogP contribution in [-0.2, 0) is 6.54 Å². The number of pyridine rings is 1. The van der Waals surface area contributed by atoms with E-state index in [1.807, 2.05) is 60.8 Å². The molecule has 0 aliphatic carbocycles. The molecule has 2 heterocycles. The van der Waals surface area contributed by atoms with Crippen LogP contribution < -0.4 is 5.32 Å². The molecule has 2 N–H and O–H groups in total. The maximum absolute atomic E-state index is 13.2. The molecule has 6 nitrogen and oxygen atoms in total. The smallest absolute Gasteiger partial charge is 0.335 e. The molecule has 4 aromatic rings. The van der Waals surface area contributed by atoms with Gasteiger partial charge in [0.1, 0.15) is 17.0 Å². The average Bonchev–Trinajstić information content (AvgIpc) is 3.11. The number of aryl methyl sites for hydroxylation is 2. The van der Waals surface area contributed by atoms with E-state index in [4.69, 9.17) is 10.1 Å². The molecule has 30 heavy (non-hydrogen) atoms. The normalized spacial score (nSPS) is 10.9. The number of fused-ring (bicyclic) bond motifs is 1. The molecule has 150 valence electrons. The molecule has 6 heteroatoms. The van der Waals surface area contributed by atoms with E-state index in [1.165, 1.54) is 12.1 Å². The van der Waals surface area contributed by atoms with E-state index in [-0.39, 0.29) is 18.0 Å². The lowest BCUT2D eigenvalue weighted by atomic mass is 10.1. The lowest BCUT2D eigenvalue weighted by Crippen LogP contribution is -2.25. The summed E-state index contributed by atoms with van der Waals surface area (Å²) in [7, 11) is 0. The molecule has 4 rings (SSSR count).